The van der Waals surface area contributed by atoms with Crippen molar-refractivity contribution in [3.63, 3.8) is 0 Å². The van der Waals surface area contributed by atoms with Crippen LogP contribution in [0.15, 0.2) is 48.5 Å². The zero-order chi connectivity index (χ0) is 22.3. The Morgan fingerprint density at radius 3 is 1.07 bits per heavy atom. The van der Waals surface area contributed by atoms with E-state index < -0.39 is 0 Å². The van der Waals surface area contributed by atoms with Crippen LogP contribution in [0.5, 0.6) is 0 Å². The first-order valence-electron chi connectivity index (χ1n) is 11.4. The standard InChI is InChI=1S/C26H42N4/c1-19(2)27-23-9-13-25(14-10-23)29(21(5)6)17-18-30(22(7)8)26-15-11-24(12-16-26)28-20(3)4/h9-16,19-22,27-28H,17-18H2,1-8H3. The van der Waals surface area contributed by atoms with E-state index in [4.69, 9.17) is 0 Å². The Morgan fingerprint density at radius 1 is 0.533 bits per heavy atom. The third-order valence-corrected chi connectivity index (χ3v) is 5.14. The van der Waals surface area contributed by atoms with Crippen molar-refractivity contribution in [2.24, 2.45) is 0 Å². The van der Waals surface area contributed by atoms with Gasteiger partial charge in [-0.2, -0.15) is 0 Å². The number of anilines is 4. The van der Waals surface area contributed by atoms with E-state index in [0.29, 0.717) is 24.2 Å². The van der Waals surface area contributed by atoms with Gasteiger partial charge in [-0.3, -0.25) is 0 Å². The van der Waals surface area contributed by atoms with Crippen molar-refractivity contribution in [3.05, 3.63) is 48.5 Å². The highest BCUT2D eigenvalue weighted by Crippen LogP contribution is 2.23. The van der Waals surface area contributed by atoms with Gasteiger partial charge in [-0.05, 0) is 104 Å². The summed E-state index contributed by atoms with van der Waals surface area (Å²) in [5, 5.41) is 6.94. The lowest BCUT2D eigenvalue weighted by Gasteiger charge is -2.35. The number of benzene rings is 2. The highest BCUT2D eigenvalue weighted by atomic mass is 15.2. The lowest BCUT2D eigenvalue weighted by molar-refractivity contribution is 0.627. The molecule has 0 radical (unpaired) electrons. The van der Waals surface area contributed by atoms with Crippen molar-refractivity contribution in [2.45, 2.75) is 79.6 Å². The Kier molecular flexibility index (Phi) is 8.88. The smallest absolute Gasteiger partial charge is 0.0370 e. The second kappa shape index (κ2) is 11.1. The van der Waals surface area contributed by atoms with Crippen LogP contribution in [-0.2, 0) is 0 Å². The van der Waals surface area contributed by atoms with Crippen LogP contribution in [0.1, 0.15) is 55.4 Å². The first-order chi connectivity index (χ1) is 14.2. The van der Waals surface area contributed by atoms with Crippen LogP contribution in [-0.4, -0.2) is 37.3 Å². The second-order valence-corrected chi connectivity index (χ2v) is 9.27. The van der Waals surface area contributed by atoms with E-state index in [1.54, 1.807) is 0 Å². The SMILES string of the molecule is CC(C)Nc1ccc(N(CCN(c2ccc(NC(C)C)cc2)C(C)C)C(C)C)cc1. The number of hydrogen-bond donors (Lipinski definition) is 2. The lowest BCUT2D eigenvalue weighted by atomic mass is 10.2. The molecule has 2 aromatic carbocycles. The maximum absolute atomic E-state index is 3.47. The van der Waals surface area contributed by atoms with Crippen molar-refractivity contribution in [3.8, 4) is 0 Å². The van der Waals surface area contributed by atoms with Gasteiger partial charge in [0.25, 0.3) is 0 Å². The Bertz CT molecular complexity index is 667. The van der Waals surface area contributed by atoms with Crippen molar-refractivity contribution in [1.82, 2.24) is 0 Å². The van der Waals surface area contributed by atoms with E-state index in [1.165, 1.54) is 22.7 Å². The Labute approximate surface area is 184 Å². The number of nitrogens with one attached hydrogen (secondary N) is 2. The van der Waals surface area contributed by atoms with Gasteiger partial charge in [-0.25, -0.2) is 0 Å². The summed E-state index contributed by atoms with van der Waals surface area (Å²) in [6.07, 6.45) is 0. The van der Waals surface area contributed by atoms with Crippen LogP contribution in [0.4, 0.5) is 22.7 Å². The van der Waals surface area contributed by atoms with Gasteiger partial charge in [0.15, 0.2) is 0 Å². The van der Waals surface area contributed by atoms with Gasteiger partial charge >= 0.3 is 0 Å². The second-order valence-electron chi connectivity index (χ2n) is 9.27. The molecule has 166 valence electrons. The number of nitrogens with zero attached hydrogens (tertiary/aromatic N) is 2. The third kappa shape index (κ3) is 7.16. The van der Waals surface area contributed by atoms with Gasteiger partial charge in [-0.15, -0.1) is 0 Å². The quantitative estimate of drug-likeness (QED) is 0.445. The largest absolute Gasteiger partial charge is 0.383 e. The van der Waals surface area contributed by atoms with Crippen molar-refractivity contribution < 1.29 is 0 Å². The Morgan fingerprint density at radius 2 is 0.833 bits per heavy atom. The molecule has 0 bridgehead atoms. The van der Waals surface area contributed by atoms with Gasteiger partial charge in [0.05, 0.1) is 0 Å². The molecule has 0 fully saturated rings. The molecule has 0 aliphatic carbocycles. The molecule has 2 aromatic rings. The molecule has 0 heterocycles. The molecule has 30 heavy (non-hydrogen) atoms. The predicted molar refractivity (Wildman–Crippen MR) is 135 cm³/mol. The molecule has 0 saturated heterocycles. The minimum atomic E-state index is 0.443. The molecule has 0 spiro atoms. The normalized spacial score (nSPS) is 11.5. The first-order valence-corrected chi connectivity index (χ1v) is 11.4. The predicted octanol–water partition coefficient (Wildman–Crippen LogP) is 6.46. The molecule has 0 aliphatic rings. The maximum Gasteiger partial charge on any atom is 0.0370 e. The topological polar surface area (TPSA) is 30.5 Å². The van der Waals surface area contributed by atoms with Crippen LogP contribution in [0.2, 0.25) is 0 Å². The zero-order valence-corrected chi connectivity index (χ0v) is 20.2. The molecular formula is C26H42N4. The van der Waals surface area contributed by atoms with Crippen LogP contribution < -0.4 is 20.4 Å². The van der Waals surface area contributed by atoms with Gasteiger partial charge in [0.2, 0.25) is 0 Å². The maximum atomic E-state index is 3.47. The Balaban J connectivity index is 2.10. The molecule has 0 atom stereocenters. The van der Waals surface area contributed by atoms with Crippen molar-refractivity contribution in [1.29, 1.82) is 0 Å². The molecule has 0 unspecified atom stereocenters. The van der Waals surface area contributed by atoms with Crippen molar-refractivity contribution >= 4 is 22.7 Å². The van der Waals surface area contributed by atoms with E-state index in [-0.39, 0.29) is 0 Å². The molecule has 4 nitrogen and oxygen atoms in total. The molecule has 0 aromatic heterocycles. The summed E-state index contributed by atoms with van der Waals surface area (Å²) in [6, 6.07) is 19.5. The summed E-state index contributed by atoms with van der Waals surface area (Å²) >= 11 is 0. The van der Waals surface area contributed by atoms with Crippen molar-refractivity contribution in [2.75, 3.05) is 33.5 Å². The minimum absolute atomic E-state index is 0.443. The van der Waals surface area contributed by atoms with Crippen LogP contribution in [0.25, 0.3) is 0 Å². The average Bonchev–Trinajstić information content (AvgIpc) is 2.66. The third-order valence-electron chi connectivity index (χ3n) is 5.14. The summed E-state index contributed by atoms with van der Waals surface area (Å²) in [5.74, 6) is 0. The highest BCUT2D eigenvalue weighted by molar-refractivity contribution is 5.58. The molecule has 0 saturated carbocycles. The number of rotatable bonds is 11. The fourth-order valence-electron chi connectivity index (χ4n) is 3.75. The van der Waals surface area contributed by atoms with E-state index in [2.05, 4.69) is 124 Å². The molecule has 2 rings (SSSR count). The summed E-state index contributed by atoms with van der Waals surface area (Å²) in [5.41, 5.74) is 4.91. The summed E-state index contributed by atoms with van der Waals surface area (Å²) in [4.78, 5) is 4.98. The van der Waals surface area contributed by atoms with E-state index in [1.807, 2.05) is 0 Å². The highest BCUT2D eigenvalue weighted by Gasteiger charge is 2.16. The summed E-state index contributed by atoms with van der Waals surface area (Å²) < 4.78 is 0. The van der Waals surface area contributed by atoms with Crippen LogP contribution in [0, 0.1) is 0 Å². The fourth-order valence-corrected chi connectivity index (χ4v) is 3.75. The van der Waals surface area contributed by atoms with Gasteiger partial charge < -0.3 is 20.4 Å². The lowest BCUT2D eigenvalue weighted by Crippen LogP contribution is -2.41. The van der Waals surface area contributed by atoms with Crippen LogP contribution >= 0.6 is 0 Å². The van der Waals surface area contributed by atoms with E-state index in [0.717, 1.165) is 13.1 Å². The fraction of sp³-hybridized carbons (Fsp3) is 0.538. The van der Waals surface area contributed by atoms with Gasteiger partial charge in [-0.1, -0.05) is 0 Å². The van der Waals surface area contributed by atoms with E-state index >= 15 is 0 Å². The molecule has 0 aliphatic heterocycles. The first kappa shape index (κ1) is 23.9. The molecular weight excluding hydrogens is 368 g/mol. The van der Waals surface area contributed by atoms with Crippen LogP contribution in [0.3, 0.4) is 0 Å². The zero-order valence-electron chi connectivity index (χ0n) is 20.2. The summed E-state index contributed by atoms with van der Waals surface area (Å²) in [7, 11) is 0. The monoisotopic (exact) mass is 410 g/mol. The molecule has 2 N–H and O–H groups in total. The molecule has 4 heteroatoms. The number of hydrogen-bond acceptors (Lipinski definition) is 4. The average molecular weight is 411 g/mol. The van der Waals surface area contributed by atoms with Gasteiger partial charge in [0.1, 0.15) is 0 Å². The Hall–Kier alpha value is -2.36. The summed E-state index contributed by atoms with van der Waals surface area (Å²) in [6.45, 7) is 19.7. The molecule has 0 amide bonds. The van der Waals surface area contributed by atoms with Gasteiger partial charge in [0, 0.05) is 60.0 Å². The minimum Gasteiger partial charge on any atom is -0.383 e. The van der Waals surface area contributed by atoms with E-state index in [9.17, 15) is 0 Å².